The molecule has 2 fully saturated rings. The van der Waals surface area contributed by atoms with E-state index in [1.54, 1.807) is 0 Å². The monoisotopic (exact) mass is 232 g/mol. The maximum Gasteiger partial charge on any atom is 0.134 e. The second-order valence-electron chi connectivity index (χ2n) is 5.29. The first-order chi connectivity index (χ1) is 8.24. The highest BCUT2D eigenvalue weighted by Crippen LogP contribution is 2.38. The van der Waals surface area contributed by atoms with Crippen LogP contribution < -0.4 is 10.6 Å². The van der Waals surface area contributed by atoms with Gasteiger partial charge in [0.2, 0.25) is 0 Å². The molecule has 0 bridgehead atoms. The molecule has 4 heteroatoms. The Labute approximate surface area is 102 Å². The van der Waals surface area contributed by atoms with Crippen molar-refractivity contribution in [1.29, 1.82) is 0 Å². The molecule has 4 nitrogen and oxygen atoms in total. The van der Waals surface area contributed by atoms with Crippen LogP contribution in [0.4, 0.5) is 11.6 Å². The topological polar surface area (TPSA) is 55.0 Å². The fourth-order valence-electron chi connectivity index (χ4n) is 3.41. The van der Waals surface area contributed by atoms with Gasteiger partial charge in [0.15, 0.2) is 0 Å². The molecule has 2 unspecified atom stereocenters. The molecule has 1 saturated heterocycles. The number of aromatic nitrogens is 2. The molecular formula is C13H20N4. The summed E-state index contributed by atoms with van der Waals surface area (Å²) in [4.78, 5) is 11.1. The van der Waals surface area contributed by atoms with E-state index in [1.807, 2.05) is 13.0 Å². The second-order valence-corrected chi connectivity index (χ2v) is 5.29. The molecule has 2 aliphatic rings. The zero-order valence-corrected chi connectivity index (χ0v) is 10.4. The van der Waals surface area contributed by atoms with Crippen molar-refractivity contribution < 1.29 is 0 Å². The van der Waals surface area contributed by atoms with Gasteiger partial charge in [-0.1, -0.05) is 12.8 Å². The Kier molecular flexibility index (Phi) is 2.65. The molecule has 1 aliphatic carbocycles. The minimum atomic E-state index is 0.590. The van der Waals surface area contributed by atoms with E-state index in [1.165, 1.54) is 32.1 Å². The van der Waals surface area contributed by atoms with E-state index < -0.39 is 0 Å². The summed E-state index contributed by atoms with van der Waals surface area (Å²) < 4.78 is 0. The molecule has 0 radical (unpaired) electrons. The van der Waals surface area contributed by atoms with Crippen LogP contribution in [0.15, 0.2) is 6.07 Å². The minimum Gasteiger partial charge on any atom is -0.384 e. The zero-order valence-electron chi connectivity index (χ0n) is 10.4. The van der Waals surface area contributed by atoms with Gasteiger partial charge >= 0.3 is 0 Å². The van der Waals surface area contributed by atoms with Gasteiger partial charge < -0.3 is 10.6 Å². The van der Waals surface area contributed by atoms with Gasteiger partial charge in [-0.15, -0.1) is 0 Å². The van der Waals surface area contributed by atoms with Crippen molar-refractivity contribution in [2.45, 2.75) is 45.1 Å². The van der Waals surface area contributed by atoms with E-state index in [9.17, 15) is 0 Å². The van der Waals surface area contributed by atoms with Crippen molar-refractivity contribution >= 4 is 11.6 Å². The molecule has 17 heavy (non-hydrogen) atoms. The molecule has 0 aromatic carbocycles. The third kappa shape index (κ3) is 1.96. The number of fused-ring (bicyclic) bond motifs is 1. The van der Waals surface area contributed by atoms with Crippen molar-refractivity contribution in [3.63, 3.8) is 0 Å². The fraction of sp³-hybridized carbons (Fsp3) is 0.692. The second kappa shape index (κ2) is 4.17. The molecule has 2 atom stereocenters. The Morgan fingerprint density at radius 2 is 2.06 bits per heavy atom. The predicted octanol–water partition coefficient (Wildman–Crippen LogP) is 2.14. The summed E-state index contributed by atoms with van der Waals surface area (Å²) in [6.45, 7) is 3.04. The van der Waals surface area contributed by atoms with Gasteiger partial charge in [0.25, 0.3) is 0 Å². The molecular weight excluding hydrogens is 212 g/mol. The molecule has 0 spiro atoms. The Morgan fingerprint density at radius 1 is 1.24 bits per heavy atom. The fourth-order valence-corrected chi connectivity index (χ4v) is 3.41. The van der Waals surface area contributed by atoms with Crippen LogP contribution in [0, 0.1) is 12.8 Å². The van der Waals surface area contributed by atoms with Gasteiger partial charge in [0.1, 0.15) is 17.5 Å². The van der Waals surface area contributed by atoms with Crippen molar-refractivity contribution in [1.82, 2.24) is 9.97 Å². The van der Waals surface area contributed by atoms with E-state index >= 15 is 0 Å². The largest absolute Gasteiger partial charge is 0.384 e. The lowest BCUT2D eigenvalue weighted by Gasteiger charge is -2.32. The summed E-state index contributed by atoms with van der Waals surface area (Å²) in [5.41, 5.74) is 5.82. The lowest BCUT2D eigenvalue weighted by Crippen LogP contribution is -2.35. The van der Waals surface area contributed by atoms with E-state index in [2.05, 4.69) is 14.9 Å². The van der Waals surface area contributed by atoms with E-state index in [0.29, 0.717) is 11.9 Å². The third-order valence-electron chi connectivity index (χ3n) is 4.15. The average Bonchev–Trinajstić information content (AvgIpc) is 2.71. The average molecular weight is 232 g/mol. The van der Waals surface area contributed by atoms with E-state index in [4.69, 9.17) is 5.73 Å². The number of rotatable bonds is 1. The summed E-state index contributed by atoms with van der Waals surface area (Å²) in [5, 5.41) is 0. The van der Waals surface area contributed by atoms with Gasteiger partial charge in [0, 0.05) is 18.7 Å². The Bertz CT molecular complexity index is 398. The lowest BCUT2D eigenvalue weighted by molar-refractivity contribution is 0.341. The van der Waals surface area contributed by atoms with Crippen LogP contribution in [0.5, 0.6) is 0 Å². The Hall–Kier alpha value is -1.32. The number of anilines is 2. The summed E-state index contributed by atoms with van der Waals surface area (Å²) in [6.07, 6.45) is 6.78. The molecule has 1 saturated carbocycles. The smallest absolute Gasteiger partial charge is 0.134 e. The van der Waals surface area contributed by atoms with Crippen molar-refractivity contribution in [3.05, 3.63) is 11.9 Å². The van der Waals surface area contributed by atoms with Crippen LogP contribution in [0.3, 0.4) is 0 Å². The quantitative estimate of drug-likeness (QED) is 0.806. The Morgan fingerprint density at radius 3 is 2.88 bits per heavy atom. The van der Waals surface area contributed by atoms with Crippen molar-refractivity contribution in [3.8, 4) is 0 Å². The summed E-state index contributed by atoms with van der Waals surface area (Å²) in [5.74, 6) is 3.27. The molecule has 3 rings (SSSR count). The molecule has 92 valence electrons. The highest BCUT2D eigenvalue weighted by atomic mass is 15.2. The number of aryl methyl sites for hydroxylation is 1. The lowest BCUT2D eigenvalue weighted by atomic mass is 9.85. The zero-order chi connectivity index (χ0) is 11.8. The van der Waals surface area contributed by atoms with Gasteiger partial charge in [-0.2, -0.15) is 0 Å². The molecule has 2 heterocycles. The first-order valence-corrected chi connectivity index (χ1v) is 6.62. The van der Waals surface area contributed by atoms with E-state index in [0.717, 1.165) is 24.1 Å². The SMILES string of the molecule is Cc1nc(N)cc(N2CCC3CCCCC32)n1. The first-order valence-electron chi connectivity index (χ1n) is 6.62. The van der Waals surface area contributed by atoms with Crippen LogP contribution in [0.25, 0.3) is 0 Å². The first kappa shape index (κ1) is 10.8. The van der Waals surface area contributed by atoms with Gasteiger partial charge in [0.05, 0.1) is 0 Å². The molecule has 0 amide bonds. The number of hydrogen-bond acceptors (Lipinski definition) is 4. The molecule has 1 aromatic rings. The molecule has 1 aliphatic heterocycles. The number of nitrogen functional groups attached to an aromatic ring is 1. The third-order valence-corrected chi connectivity index (χ3v) is 4.15. The molecule has 2 N–H and O–H groups in total. The highest BCUT2D eigenvalue weighted by molar-refractivity contribution is 5.48. The van der Waals surface area contributed by atoms with E-state index in [-0.39, 0.29) is 0 Å². The summed E-state index contributed by atoms with van der Waals surface area (Å²) >= 11 is 0. The normalized spacial score (nSPS) is 28.2. The predicted molar refractivity (Wildman–Crippen MR) is 68.9 cm³/mol. The van der Waals surface area contributed by atoms with Crippen LogP contribution in [0.2, 0.25) is 0 Å². The molecule has 1 aromatic heterocycles. The Balaban J connectivity index is 1.88. The number of nitrogens with two attached hydrogens (primary N) is 1. The summed E-state index contributed by atoms with van der Waals surface area (Å²) in [7, 11) is 0. The van der Waals surface area contributed by atoms with Crippen LogP contribution in [0.1, 0.15) is 37.9 Å². The number of nitrogens with zero attached hydrogens (tertiary/aromatic N) is 3. The number of hydrogen-bond donors (Lipinski definition) is 1. The van der Waals surface area contributed by atoms with Gasteiger partial charge in [-0.25, -0.2) is 9.97 Å². The summed E-state index contributed by atoms with van der Waals surface area (Å²) in [6, 6.07) is 2.61. The van der Waals surface area contributed by atoms with Crippen molar-refractivity contribution in [2.24, 2.45) is 5.92 Å². The standard InChI is InChI=1S/C13H20N4/c1-9-15-12(14)8-13(16-9)17-7-6-10-4-2-3-5-11(10)17/h8,10-11H,2-7H2,1H3,(H2,14,15,16). The van der Waals surface area contributed by atoms with Crippen LogP contribution >= 0.6 is 0 Å². The minimum absolute atomic E-state index is 0.590. The maximum absolute atomic E-state index is 5.82. The van der Waals surface area contributed by atoms with Gasteiger partial charge in [-0.05, 0) is 32.1 Å². The maximum atomic E-state index is 5.82. The van der Waals surface area contributed by atoms with Gasteiger partial charge in [-0.3, -0.25) is 0 Å². The van der Waals surface area contributed by atoms with Crippen LogP contribution in [-0.4, -0.2) is 22.6 Å². The van der Waals surface area contributed by atoms with Crippen molar-refractivity contribution in [2.75, 3.05) is 17.2 Å². The van der Waals surface area contributed by atoms with Crippen LogP contribution in [-0.2, 0) is 0 Å². The highest BCUT2D eigenvalue weighted by Gasteiger charge is 2.36.